The lowest BCUT2D eigenvalue weighted by Crippen LogP contribution is -2.01. The van der Waals surface area contributed by atoms with Gasteiger partial charge in [-0.25, -0.2) is 24.9 Å². The van der Waals surface area contributed by atoms with Crippen molar-refractivity contribution in [2.24, 2.45) is 0 Å². The number of hydrogen-bond acceptors (Lipinski definition) is 6. The molecule has 0 saturated heterocycles. The largest absolute Gasteiger partial charge is 0.450 e. The predicted octanol–water partition coefficient (Wildman–Crippen LogP) is 12.0. The van der Waals surface area contributed by atoms with E-state index in [0.717, 1.165) is 77.5 Å². The maximum Gasteiger partial charge on any atom is 0.180 e. The summed E-state index contributed by atoms with van der Waals surface area (Å²) in [6, 6.07) is 61.6. The first-order valence-electron chi connectivity index (χ1n) is 18.5. The molecule has 0 spiro atoms. The molecule has 4 heterocycles. The second-order valence-corrected chi connectivity index (χ2v) is 13.7. The molecule has 0 saturated carbocycles. The van der Waals surface area contributed by atoms with Crippen molar-refractivity contribution in [1.29, 1.82) is 0 Å². The minimum atomic E-state index is 0.588. The van der Waals surface area contributed by atoms with E-state index in [-0.39, 0.29) is 0 Å². The Morgan fingerprint density at radius 1 is 0.357 bits per heavy atom. The number of hydrogen-bond donors (Lipinski definition) is 0. The van der Waals surface area contributed by atoms with Gasteiger partial charge in [0.2, 0.25) is 0 Å². The van der Waals surface area contributed by atoms with E-state index in [1.807, 2.05) is 109 Å². The van der Waals surface area contributed by atoms with E-state index in [0.29, 0.717) is 28.9 Å². The standard InChI is InChI=1S/C49H30N6O/c1-5-16-31(17-6-1)41-45-42(51-46(50-41)32-18-7-2-8-19-32)39-29-28-38-37-26-13-14-27-40(37)55(43(38)44(39)56-45)36-25-15-24-35(30-36)49-53-47(33-20-9-3-10-21-33)52-48(54-49)34-22-11-4-12-23-34/h1-30H. The minimum absolute atomic E-state index is 0.588. The van der Waals surface area contributed by atoms with Gasteiger partial charge in [-0.2, -0.15) is 0 Å². The molecule has 0 aliphatic heterocycles. The van der Waals surface area contributed by atoms with E-state index < -0.39 is 0 Å². The van der Waals surface area contributed by atoms with E-state index in [1.54, 1.807) is 0 Å². The van der Waals surface area contributed by atoms with Crippen molar-refractivity contribution in [3.63, 3.8) is 0 Å². The first-order valence-corrected chi connectivity index (χ1v) is 18.5. The van der Waals surface area contributed by atoms with E-state index in [1.165, 1.54) is 0 Å². The van der Waals surface area contributed by atoms with Gasteiger partial charge in [-0.05, 0) is 24.3 Å². The Bertz CT molecular complexity index is 3170. The Hall–Kier alpha value is -7.77. The molecule has 0 aliphatic carbocycles. The zero-order valence-electron chi connectivity index (χ0n) is 29.9. The first-order chi connectivity index (χ1) is 27.8. The molecule has 11 rings (SSSR count). The molecular formula is C49H30N6O. The summed E-state index contributed by atoms with van der Waals surface area (Å²) in [6.07, 6.45) is 0. The predicted molar refractivity (Wildman–Crippen MR) is 224 cm³/mol. The third-order valence-electron chi connectivity index (χ3n) is 10.3. The lowest BCUT2D eigenvalue weighted by Gasteiger charge is -2.11. The highest BCUT2D eigenvalue weighted by Gasteiger charge is 2.23. The van der Waals surface area contributed by atoms with Crippen LogP contribution in [0.25, 0.3) is 106 Å². The molecule has 262 valence electrons. The highest BCUT2D eigenvalue weighted by molar-refractivity contribution is 6.21. The van der Waals surface area contributed by atoms with Crippen LogP contribution in [0.4, 0.5) is 0 Å². The second-order valence-electron chi connectivity index (χ2n) is 13.7. The second kappa shape index (κ2) is 13.0. The van der Waals surface area contributed by atoms with Crippen LogP contribution >= 0.6 is 0 Å². The topological polar surface area (TPSA) is 82.5 Å². The maximum absolute atomic E-state index is 7.00. The van der Waals surface area contributed by atoms with Gasteiger partial charge in [-0.1, -0.05) is 158 Å². The highest BCUT2D eigenvalue weighted by Crippen LogP contribution is 2.42. The molecule has 7 aromatic carbocycles. The van der Waals surface area contributed by atoms with Gasteiger partial charge in [0.05, 0.1) is 11.0 Å². The quantitative estimate of drug-likeness (QED) is 0.170. The van der Waals surface area contributed by atoms with Crippen LogP contribution in [0.15, 0.2) is 186 Å². The summed E-state index contributed by atoms with van der Waals surface area (Å²) >= 11 is 0. The van der Waals surface area contributed by atoms with Crippen molar-refractivity contribution in [2.45, 2.75) is 0 Å². The molecule has 0 N–H and O–H groups in total. The zero-order valence-corrected chi connectivity index (χ0v) is 29.9. The molecule has 7 heteroatoms. The van der Waals surface area contributed by atoms with E-state index in [2.05, 4.69) is 77.4 Å². The Kier molecular flexibility index (Phi) is 7.35. The summed E-state index contributed by atoms with van der Waals surface area (Å²) < 4.78 is 9.28. The molecule has 0 fully saturated rings. The van der Waals surface area contributed by atoms with Crippen molar-refractivity contribution in [3.8, 4) is 62.5 Å². The molecule has 0 amide bonds. The SMILES string of the molecule is c1ccc(-c2nc(-c3ccccc3)nc(-c3cccc(-n4c5ccccc5c5ccc6c7nc(-c8ccccc8)nc(-c8ccccc8)c7oc6c54)c3)n2)cc1. The van der Waals surface area contributed by atoms with Crippen molar-refractivity contribution >= 4 is 43.9 Å². The summed E-state index contributed by atoms with van der Waals surface area (Å²) in [4.78, 5) is 25.3. The summed E-state index contributed by atoms with van der Waals surface area (Å²) in [5, 5.41) is 3.11. The molecule has 11 aromatic rings. The molecule has 56 heavy (non-hydrogen) atoms. The van der Waals surface area contributed by atoms with Gasteiger partial charge in [0.1, 0.15) is 11.2 Å². The fraction of sp³-hybridized carbons (Fsp3) is 0. The van der Waals surface area contributed by atoms with Crippen LogP contribution in [0.1, 0.15) is 0 Å². The number of benzene rings is 7. The summed E-state index contributed by atoms with van der Waals surface area (Å²) in [7, 11) is 0. The lowest BCUT2D eigenvalue weighted by atomic mass is 10.1. The van der Waals surface area contributed by atoms with E-state index >= 15 is 0 Å². The Balaban J connectivity index is 1.17. The number of rotatable bonds is 6. The normalized spacial score (nSPS) is 11.6. The minimum Gasteiger partial charge on any atom is -0.450 e. The smallest absolute Gasteiger partial charge is 0.180 e. The fourth-order valence-electron chi connectivity index (χ4n) is 7.65. The Labute approximate surface area is 321 Å². The number of nitrogens with zero attached hydrogens (tertiary/aromatic N) is 6. The molecule has 0 radical (unpaired) electrons. The fourth-order valence-corrected chi connectivity index (χ4v) is 7.65. The number of furan rings is 1. The molecule has 0 bridgehead atoms. The van der Waals surface area contributed by atoms with Crippen molar-refractivity contribution in [1.82, 2.24) is 29.5 Å². The highest BCUT2D eigenvalue weighted by atomic mass is 16.3. The summed E-state index contributed by atoms with van der Waals surface area (Å²) in [6.45, 7) is 0. The van der Waals surface area contributed by atoms with Gasteiger partial charge >= 0.3 is 0 Å². The molecule has 0 unspecified atom stereocenters. The van der Waals surface area contributed by atoms with Crippen molar-refractivity contribution in [2.75, 3.05) is 0 Å². The zero-order chi connectivity index (χ0) is 37.0. The van der Waals surface area contributed by atoms with Gasteiger partial charge in [0.15, 0.2) is 34.5 Å². The van der Waals surface area contributed by atoms with Crippen LogP contribution in [0, 0.1) is 0 Å². The monoisotopic (exact) mass is 718 g/mol. The van der Waals surface area contributed by atoms with Gasteiger partial charge in [-0.15, -0.1) is 0 Å². The maximum atomic E-state index is 7.00. The molecule has 7 nitrogen and oxygen atoms in total. The van der Waals surface area contributed by atoms with Gasteiger partial charge in [0.25, 0.3) is 0 Å². The molecule has 4 aromatic heterocycles. The number of fused-ring (bicyclic) bond motifs is 7. The third kappa shape index (κ3) is 5.25. The third-order valence-corrected chi connectivity index (χ3v) is 10.3. The van der Waals surface area contributed by atoms with Crippen LogP contribution in [0.3, 0.4) is 0 Å². The lowest BCUT2D eigenvalue weighted by molar-refractivity contribution is 0.669. The number of para-hydroxylation sites is 1. The van der Waals surface area contributed by atoms with Crippen LogP contribution in [-0.2, 0) is 0 Å². The van der Waals surface area contributed by atoms with E-state index in [4.69, 9.17) is 29.3 Å². The first kappa shape index (κ1) is 31.7. The Morgan fingerprint density at radius 2 is 0.857 bits per heavy atom. The van der Waals surface area contributed by atoms with Gasteiger partial charge < -0.3 is 8.98 Å². The molecule has 0 atom stereocenters. The molecule has 0 aliphatic rings. The Morgan fingerprint density at radius 3 is 1.48 bits per heavy atom. The van der Waals surface area contributed by atoms with Gasteiger partial charge in [-0.3, -0.25) is 0 Å². The summed E-state index contributed by atoms with van der Waals surface area (Å²) in [5.74, 6) is 2.47. The average molecular weight is 719 g/mol. The molecular weight excluding hydrogens is 689 g/mol. The van der Waals surface area contributed by atoms with E-state index in [9.17, 15) is 0 Å². The van der Waals surface area contributed by atoms with Crippen molar-refractivity contribution in [3.05, 3.63) is 182 Å². The van der Waals surface area contributed by atoms with Crippen LogP contribution in [0.2, 0.25) is 0 Å². The van der Waals surface area contributed by atoms with Crippen LogP contribution in [0.5, 0.6) is 0 Å². The number of aromatic nitrogens is 6. The average Bonchev–Trinajstić information content (AvgIpc) is 3.83. The van der Waals surface area contributed by atoms with Crippen LogP contribution < -0.4 is 0 Å². The van der Waals surface area contributed by atoms with Crippen LogP contribution in [-0.4, -0.2) is 29.5 Å². The summed E-state index contributed by atoms with van der Waals surface area (Å²) in [5.41, 5.74) is 10.5. The van der Waals surface area contributed by atoms with Crippen molar-refractivity contribution < 1.29 is 4.42 Å². The van der Waals surface area contributed by atoms with Gasteiger partial charge in [0, 0.05) is 49.7 Å².